The fourth-order valence-electron chi connectivity index (χ4n) is 1.96. The van der Waals surface area contributed by atoms with E-state index < -0.39 is 5.97 Å². The van der Waals surface area contributed by atoms with Gasteiger partial charge in [0, 0.05) is 11.0 Å². The van der Waals surface area contributed by atoms with E-state index in [0.29, 0.717) is 13.2 Å². The molecule has 0 saturated carbocycles. The molecule has 1 aromatic carbocycles. The Kier molecular flexibility index (Phi) is 4.09. The lowest BCUT2D eigenvalue weighted by atomic mass is 9.78. The van der Waals surface area contributed by atoms with E-state index in [1.54, 1.807) is 17.8 Å². The van der Waals surface area contributed by atoms with Crippen LogP contribution in [0, 0.1) is 0 Å². The quantitative estimate of drug-likeness (QED) is 0.656. The molecular formula is C14H16O3S. The highest BCUT2D eigenvalue weighted by atomic mass is 32.2. The van der Waals surface area contributed by atoms with E-state index >= 15 is 0 Å². The predicted molar refractivity (Wildman–Crippen MR) is 72.1 cm³/mol. The summed E-state index contributed by atoms with van der Waals surface area (Å²) in [5.74, 6) is 0.131. The number of carboxylic acid groups (broad SMARTS) is 1. The lowest BCUT2D eigenvalue weighted by molar-refractivity contribution is -0.131. The minimum Gasteiger partial charge on any atom is -0.478 e. The van der Waals surface area contributed by atoms with Crippen LogP contribution in [0.2, 0.25) is 0 Å². The van der Waals surface area contributed by atoms with Gasteiger partial charge in [-0.1, -0.05) is 25.1 Å². The van der Waals surface area contributed by atoms with Gasteiger partial charge in [0.05, 0.1) is 18.6 Å². The summed E-state index contributed by atoms with van der Waals surface area (Å²) in [5.41, 5.74) is 0.861. The monoisotopic (exact) mass is 264 g/mol. The third kappa shape index (κ3) is 2.76. The SMILES string of the molecule is CCSc1ccc(C2(/C=C/C(=O)O)COC2)cc1. The van der Waals surface area contributed by atoms with Crippen LogP contribution in [0.3, 0.4) is 0 Å². The molecule has 1 aliphatic heterocycles. The average molecular weight is 264 g/mol. The third-order valence-electron chi connectivity index (χ3n) is 3.00. The Morgan fingerprint density at radius 2 is 2.11 bits per heavy atom. The predicted octanol–water partition coefficient (Wildman–Crippen LogP) is 2.71. The van der Waals surface area contributed by atoms with Crippen molar-refractivity contribution in [1.82, 2.24) is 0 Å². The number of benzene rings is 1. The summed E-state index contributed by atoms with van der Waals surface area (Å²) in [6.45, 7) is 3.23. The van der Waals surface area contributed by atoms with Crippen molar-refractivity contribution in [2.45, 2.75) is 17.2 Å². The molecule has 4 heteroatoms. The van der Waals surface area contributed by atoms with E-state index in [1.165, 1.54) is 11.0 Å². The molecule has 0 aliphatic carbocycles. The first-order chi connectivity index (χ1) is 8.66. The highest BCUT2D eigenvalue weighted by Gasteiger charge is 2.37. The van der Waals surface area contributed by atoms with Crippen molar-refractivity contribution >= 4 is 17.7 Å². The van der Waals surface area contributed by atoms with E-state index in [1.807, 2.05) is 0 Å². The largest absolute Gasteiger partial charge is 0.478 e. The van der Waals surface area contributed by atoms with Gasteiger partial charge in [-0.25, -0.2) is 4.79 Å². The maximum atomic E-state index is 10.6. The second-order valence-electron chi connectivity index (χ2n) is 4.28. The average Bonchev–Trinajstić information content (AvgIpc) is 2.30. The highest BCUT2D eigenvalue weighted by molar-refractivity contribution is 7.99. The number of carbonyl (C=O) groups is 1. The Morgan fingerprint density at radius 3 is 2.56 bits per heavy atom. The van der Waals surface area contributed by atoms with Crippen molar-refractivity contribution in [2.24, 2.45) is 0 Å². The van der Waals surface area contributed by atoms with Crippen molar-refractivity contribution in [3.63, 3.8) is 0 Å². The Bertz CT molecular complexity index is 447. The molecule has 0 unspecified atom stereocenters. The summed E-state index contributed by atoms with van der Waals surface area (Å²) in [6.07, 6.45) is 2.94. The van der Waals surface area contributed by atoms with Crippen LogP contribution in [0.5, 0.6) is 0 Å². The Morgan fingerprint density at radius 1 is 1.44 bits per heavy atom. The first-order valence-electron chi connectivity index (χ1n) is 5.89. The molecule has 1 saturated heterocycles. The first-order valence-corrected chi connectivity index (χ1v) is 6.88. The van der Waals surface area contributed by atoms with Gasteiger partial charge in [0.25, 0.3) is 0 Å². The summed E-state index contributed by atoms with van der Waals surface area (Å²) >= 11 is 1.80. The number of ether oxygens (including phenoxy) is 1. The van der Waals surface area contributed by atoms with Crippen molar-refractivity contribution in [3.05, 3.63) is 42.0 Å². The van der Waals surface area contributed by atoms with Crippen LogP contribution in [0.1, 0.15) is 12.5 Å². The van der Waals surface area contributed by atoms with E-state index in [-0.39, 0.29) is 5.41 Å². The molecule has 1 heterocycles. The molecule has 0 atom stereocenters. The number of thioether (sulfide) groups is 1. The van der Waals surface area contributed by atoms with Gasteiger partial charge in [0.2, 0.25) is 0 Å². The fourth-order valence-corrected chi connectivity index (χ4v) is 2.62. The maximum Gasteiger partial charge on any atom is 0.328 e. The minimum absolute atomic E-state index is 0.256. The number of aliphatic carboxylic acids is 1. The van der Waals surface area contributed by atoms with Crippen LogP contribution in [0.4, 0.5) is 0 Å². The summed E-state index contributed by atoms with van der Waals surface area (Å²) in [6, 6.07) is 8.29. The summed E-state index contributed by atoms with van der Waals surface area (Å²) in [5, 5.41) is 8.73. The molecule has 1 fully saturated rings. The maximum absolute atomic E-state index is 10.6. The highest BCUT2D eigenvalue weighted by Crippen LogP contribution is 2.34. The van der Waals surface area contributed by atoms with Crippen molar-refractivity contribution in [3.8, 4) is 0 Å². The topological polar surface area (TPSA) is 46.5 Å². The zero-order valence-corrected chi connectivity index (χ0v) is 11.1. The first kappa shape index (κ1) is 13.2. The Hall–Kier alpha value is -1.26. The van der Waals surface area contributed by atoms with Crippen LogP contribution in [0.25, 0.3) is 0 Å². The fraction of sp³-hybridized carbons (Fsp3) is 0.357. The number of carboxylic acids is 1. The van der Waals surface area contributed by atoms with Crippen molar-refractivity contribution in [1.29, 1.82) is 0 Å². The third-order valence-corrected chi connectivity index (χ3v) is 3.90. The van der Waals surface area contributed by atoms with Gasteiger partial charge in [0.15, 0.2) is 0 Å². The normalized spacial score (nSPS) is 17.6. The van der Waals surface area contributed by atoms with Crippen LogP contribution >= 0.6 is 11.8 Å². The number of hydrogen-bond acceptors (Lipinski definition) is 3. The standard InChI is InChI=1S/C14H16O3S/c1-2-18-12-5-3-11(4-6-12)14(9-17-10-14)8-7-13(15)16/h3-8H,2,9-10H2,1H3,(H,15,16)/b8-7+. The van der Waals surface area contributed by atoms with Gasteiger partial charge < -0.3 is 9.84 Å². The van der Waals surface area contributed by atoms with E-state index in [9.17, 15) is 4.79 Å². The van der Waals surface area contributed by atoms with E-state index in [2.05, 4.69) is 31.2 Å². The molecular weight excluding hydrogens is 248 g/mol. The second kappa shape index (κ2) is 5.59. The van der Waals surface area contributed by atoms with E-state index in [4.69, 9.17) is 9.84 Å². The lowest BCUT2D eigenvalue weighted by Gasteiger charge is -2.39. The molecule has 2 rings (SSSR count). The summed E-state index contributed by atoms with van der Waals surface area (Å²) in [4.78, 5) is 11.9. The van der Waals surface area contributed by atoms with Crippen LogP contribution in [0.15, 0.2) is 41.3 Å². The van der Waals surface area contributed by atoms with Crippen LogP contribution in [-0.2, 0) is 14.9 Å². The molecule has 96 valence electrons. The molecule has 3 nitrogen and oxygen atoms in total. The molecule has 0 aromatic heterocycles. The van der Waals surface area contributed by atoms with Crippen LogP contribution < -0.4 is 0 Å². The van der Waals surface area contributed by atoms with Crippen molar-refractivity contribution in [2.75, 3.05) is 19.0 Å². The van der Waals surface area contributed by atoms with Gasteiger partial charge in [-0.2, -0.15) is 0 Å². The molecule has 0 amide bonds. The second-order valence-corrected chi connectivity index (χ2v) is 5.62. The molecule has 1 N–H and O–H groups in total. The van der Waals surface area contributed by atoms with E-state index in [0.717, 1.165) is 11.3 Å². The van der Waals surface area contributed by atoms with Gasteiger partial charge in [-0.15, -0.1) is 11.8 Å². The lowest BCUT2D eigenvalue weighted by Crippen LogP contribution is -2.45. The minimum atomic E-state index is -0.917. The van der Waals surface area contributed by atoms with Gasteiger partial charge >= 0.3 is 5.97 Å². The molecule has 0 bridgehead atoms. The summed E-state index contributed by atoms with van der Waals surface area (Å²) < 4.78 is 5.25. The van der Waals surface area contributed by atoms with Crippen molar-refractivity contribution < 1.29 is 14.6 Å². The number of rotatable bonds is 5. The number of hydrogen-bond donors (Lipinski definition) is 1. The zero-order valence-electron chi connectivity index (χ0n) is 10.3. The Labute approximate surface area is 111 Å². The molecule has 0 spiro atoms. The van der Waals surface area contributed by atoms with Gasteiger partial charge in [0.1, 0.15) is 0 Å². The molecule has 1 aliphatic rings. The smallest absolute Gasteiger partial charge is 0.328 e. The van der Waals surface area contributed by atoms with Crippen LogP contribution in [-0.4, -0.2) is 30.0 Å². The zero-order chi connectivity index (χ0) is 13.0. The summed E-state index contributed by atoms with van der Waals surface area (Å²) in [7, 11) is 0. The van der Waals surface area contributed by atoms with Gasteiger partial charge in [-0.05, 0) is 23.4 Å². The van der Waals surface area contributed by atoms with Gasteiger partial charge in [-0.3, -0.25) is 0 Å². The Balaban J connectivity index is 2.19. The molecule has 18 heavy (non-hydrogen) atoms. The molecule has 1 aromatic rings. The molecule has 0 radical (unpaired) electrons.